The van der Waals surface area contributed by atoms with Gasteiger partial charge in [0, 0.05) is 23.6 Å². The molecule has 116 valence electrons. The second kappa shape index (κ2) is 6.41. The molecule has 2 aromatic heterocycles. The van der Waals surface area contributed by atoms with Crippen LogP contribution in [-0.2, 0) is 6.42 Å². The summed E-state index contributed by atoms with van der Waals surface area (Å²) in [6, 6.07) is 7.50. The highest BCUT2D eigenvalue weighted by atomic mass is 32.1. The maximum Gasteiger partial charge on any atom is 0.218 e. The molecule has 0 atom stereocenters. The lowest BCUT2D eigenvalue weighted by Crippen LogP contribution is -1.98. The molecule has 0 saturated carbocycles. The Bertz CT molecular complexity index is 837. The quantitative estimate of drug-likeness (QED) is 0.286. The zero-order valence-electron chi connectivity index (χ0n) is 11.9. The van der Waals surface area contributed by atoms with Crippen molar-refractivity contribution < 1.29 is 9.90 Å². The van der Waals surface area contributed by atoms with Crippen molar-refractivity contribution in [3.8, 4) is 0 Å². The lowest BCUT2D eigenvalue weighted by molar-refractivity contribution is 0.104. The molecule has 0 saturated heterocycles. The van der Waals surface area contributed by atoms with Crippen LogP contribution in [-0.4, -0.2) is 31.1 Å². The smallest absolute Gasteiger partial charge is 0.218 e. The number of hydrogen-bond acceptors (Lipinski definition) is 7. The van der Waals surface area contributed by atoms with Crippen LogP contribution in [0, 0.1) is 0 Å². The summed E-state index contributed by atoms with van der Waals surface area (Å²) in [5, 5.41) is 18.0. The first-order valence-electron chi connectivity index (χ1n) is 6.71. The summed E-state index contributed by atoms with van der Waals surface area (Å²) in [5.74, 6) is -0.521. The summed E-state index contributed by atoms with van der Waals surface area (Å²) in [4.78, 5) is 20.2. The van der Waals surface area contributed by atoms with Crippen LogP contribution >= 0.6 is 11.3 Å². The third-order valence-corrected chi connectivity index (χ3v) is 3.96. The first-order valence-corrected chi connectivity index (χ1v) is 7.59. The fourth-order valence-electron chi connectivity index (χ4n) is 1.93. The van der Waals surface area contributed by atoms with Gasteiger partial charge in [-0.1, -0.05) is 12.1 Å². The van der Waals surface area contributed by atoms with E-state index in [0.29, 0.717) is 17.1 Å². The van der Waals surface area contributed by atoms with E-state index in [0.717, 1.165) is 17.3 Å². The number of rotatable bonds is 5. The zero-order valence-corrected chi connectivity index (χ0v) is 12.7. The maximum absolute atomic E-state index is 12.1. The van der Waals surface area contributed by atoms with E-state index >= 15 is 0 Å². The second-order valence-corrected chi connectivity index (χ2v) is 5.65. The number of thiazole rings is 1. The predicted molar refractivity (Wildman–Crippen MR) is 87.1 cm³/mol. The van der Waals surface area contributed by atoms with Crippen molar-refractivity contribution >= 4 is 28.6 Å². The molecule has 7 nitrogen and oxygen atoms in total. The van der Waals surface area contributed by atoms with Gasteiger partial charge in [0.05, 0.1) is 5.69 Å². The van der Waals surface area contributed by atoms with Crippen LogP contribution in [0.2, 0.25) is 0 Å². The highest BCUT2D eigenvalue weighted by molar-refractivity contribution is 7.11. The number of hydrogen-bond donors (Lipinski definition) is 3. The van der Waals surface area contributed by atoms with Crippen LogP contribution in [0.3, 0.4) is 0 Å². The van der Waals surface area contributed by atoms with E-state index in [2.05, 4.69) is 20.2 Å². The number of carbonyl (C=O) groups is 1. The van der Waals surface area contributed by atoms with Gasteiger partial charge in [0.15, 0.2) is 16.6 Å². The standard InChI is InChI=1S/C15H13N5O2S/c16-10-3-1-9(2-4-10)5-11-7-23-15(19-11)13(22)6-12(21)14-17-8-18-20-14/h1-4,6-8,21H,5,16H2,(H,17,18,20). The van der Waals surface area contributed by atoms with E-state index in [1.54, 1.807) is 0 Å². The van der Waals surface area contributed by atoms with Gasteiger partial charge in [0.1, 0.15) is 6.33 Å². The highest BCUT2D eigenvalue weighted by Gasteiger charge is 2.12. The second-order valence-electron chi connectivity index (χ2n) is 4.79. The van der Waals surface area contributed by atoms with Crippen LogP contribution in [0.25, 0.3) is 5.76 Å². The minimum Gasteiger partial charge on any atom is -0.504 e. The minimum absolute atomic E-state index is 0.136. The van der Waals surface area contributed by atoms with Crippen molar-refractivity contribution in [2.24, 2.45) is 0 Å². The Labute approximate surface area is 135 Å². The van der Waals surface area contributed by atoms with Crippen LogP contribution in [0.15, 0.2) is 42.0 Å². The summed E-state index contributed by atoms with van der Waals surface area (Å²) in [5.41, 5.74) is 8.20. The lowest BCUT2D eigenvalue weighted by atomic mass is 10.1. The molecule has 0 amide bonds. The minimum atomic E-state index is -0.382. The van der Waals surface area contributed by atoms with E-state index in [1.165, 1.54) is 17.7 Å². The summed E-state index contributed by atoms with van der Waals surface area (Å²) in [6.45, 7) is 0. The molecular weight excluding hydrogens is 314 g/mol. The summed E-state index contributed by atoms with van der Waals surface area (Å²) >= 11 is 1.23. The van der Waals surface area contributed by atoms with Gasteiger partial charge in [0.25, 0.3) is 0 Å². The third kappa shape index (κ3) is 3.61. The highest BCUT2D eigenvalue weighted by Crippen LogP contribution is 2.17. The lowest BCUT2D eigenvalue weighted by Gasteiger charge is -1.98. The molecular formula is C15H13N5O2S. The van der Waals surface area contributed by atoms with Gasteiger partial charge < -0.3 is 10.8 Å². The number of anilines is 1. The molecule has 0 fully saturated rings. The summed E-state index contributed by atoms with van der Waals surface area (Å²) in [7, 11) is 0. The molecule has 3 rings (SSSR count). The number of nitrogen functional groups attached to an aromatic ring is 1. The number of H-pyrrole nitrogens is 1. The van der Waals surface area contributed by atoms with Gasteiger partial charge in [-0.05, 0) is 17.7 Å². The van der Waals surface area contributed by atoms with Crippen molar-refractivity contribution in [3.05, 3.63) is 64.1 Å². The Kier molecular flexibility index (Phi) is 4.15. The van der Waals surface area contributed by atoms with Crippen molar-refractivity contribution in [3.63, 3.8) is 0 Å². The zero-order chi connectivity index (χ0) is 16.2. The number of nitrogens with one attached hydrogen (secondary N) is 1. The number of aromatic amines is 1. The molecule has 0 spiro atoms. The van der Waals surface area contributed by atoms with Crippen molar-refractivity contribution in [1.82, 2.24) is 20.2 Å². The topological polar surface area (TPSA) is 118 Å². The van der Waals surface area contributed by atoms with Gasteiger partial charge in [0.2, 0.25) is 5.78 Å². The molecule has 0 bridgehead atoms. The number of benzene rings is 1. The van der Waals surface area contributed by atoms with Crippen molar-refractivity contribution in [1.29, 1.82) is 0 Å². The number of aliphatic hydroxyl groups excluding tert-OH is 1. The molecule has 0 unspecified atom stereocenters. The van der Waals surface area contributed by atoms with Crippen LogP contribution in [0.4, 0.5) is 5.69 Å². The average molecular weight is 327 g/mol. The number of allylic oxidation sites excluding steroid dienone is 1. The Balaban J connectivity index is 1.72. The van der Waals surface area contributed by atoms with Crippen LogP contribution in [0.1, 0.15) is 26.9 Å². The molecule has 1 aromatic carbocycles. The summed E-state index contributed by atoms with van der Waals surface area (Å²) < 4.78 is 0. The molecule has 4 N–H and O–H groups in total. The van der Waals surface area contributed by atoms with E-state index < -0.39 is 0 Å². The number of nitrogens with zero attached hydrogens (tertiary/aromatic N) is 3. The number of ketones is 1. The van der Waals surface area contributed by atoms with Crippen molar-refractivity contribution in [2.45, 2.75) is 6.42 Å². The third-order valence-electron chi connectivity index (χ3n) is 3.05. The molecule has 0 radical (unpaired) electrons. The summed E-state index contributed by atoms with van der Waals surface area (Å²) in [6.07, 6.45) is 2.94. The molecule has 0 aliphatic heterocycles. The van der Waals surface area contributed by atoms with Crippen molar-refractivity contribution in [2.75, 3.05) is 5.73 Å². The van der Waals surface area contributed by atoms with Gasteiger partial charge in [-0.25, -0.2) is 9.97 Å². The molecule has 23 heavy (non-hydrogen) atoms. The van der Waals surface area contributed by atoms with Gasteiger partial charge in [-0.2, -0.15) is 5.10 Å². The Hall–Kier alpha value is -3.00. The first kappa shape index (κ1) is 14.9. The first-order chi connectivity index (χ1) is 11.1. The number of nitrogens with two attached hydrogens (primary N) is 1. The predicted octanol–water partition coefficient (Wildman–Crippen LogP) is 2.22. The molecule has 0 aliphatic rings. The SMILES string of the molecule is Nc1ccc(Cc2csc(C(=O)C=C(O)c3ncn[nH]3)n2)cc1. The molecule has 0 aliphatic carbocycles. The number of carbonyl (C=O) groups excluding carboxylic acids is 1. The number of aromatic nitrogens is 4. The van der Waals surface area contributed by atoms with E-state index in [1.807, 2.05) is 29.6 Å². The molecule has 3 aromatic rings. The van der Waals surface area contributed by atoms with E-state index in [9.17, 15) is 9.90 Å². The molecule has 8 heteroatoms. The Morgan fingerprint density at radius 3 is 2.83 bits per heavy atom. The van der Waals surface area contributed by atoms with E-state index in [4.69, 9.17) is 5.73 Å². The fourth-order valence-corrected chi connectivity index (χ4v) is 2.66. The van der Waals surface area contributed by atoms with Gasteiger partial charge in [-0.15, -0.1) is 11.3 Å². The monoisotopic (exact) mass is 327 g/mol. The van der Waals surface area contributed by atoms with Gasteiger partial charge >= 0.3 is 0 Å². The Morgan fingerprint density at radius 1 is 1.35 bits per heavy atom. The average Bonchev–Trinajstić information content (AvgIpc) is 3.21. The van der Waals surface area contributed by atoms with Crippen LogP contribution < -0.4 is 5.73 Å². The number of aliphatic hydroxyl groups is 1. The maximum atomic E-state index is 12.1. The van der Waals surface area contributed by atoms with Gasteiger partial charge in [-0.3, -0.25) is 9.89 Å². The normalized spacial score (nSPS) is 11.6. The Morgan fingerprint density at radius 2 is 2.13 bits per heavy atom. The van der Waals surface area contributed by atoms with E-state index in [-0.39, 0.29) is 17.4 Å². The largest absolute Gasteiger partial charge is 0.504 e. The fraction of sp³-hybridized carbons (Fsp3) is 0.0667. The van der Waals surface area contributed by atoms with Crippen LogP contribution in [0.5, 0.6) is 0 Å². The molecule has 2 heterocycles.